The van der Waals surface area contributed by atoms with Gasteiger partial charge in [0.1, 0.15) is 0 Å². The first-order chi connectivity index (χ1) is 8.33. The molecule has 0 amide bonds. The van der Waals surface area contributed by atoms with Crippen LogP contribution in [-0.4, -0.2) is 16.1 Å². The molecule has 1 atom stereocenters. The number of hydrogen-bond acceptors (Lipinski definition) is 4. The Balaban J connectivity index is 2.20. The highest BCUT2D eigenvalue weighted by atomic mass is 19.3. The van der Waals surface area contributed by atoms with Crippen molar-refractivity contribution in [2.24, 2.45) is 5.73 Å². The minimum Gasteiger partial charge on any atom is -0.339 e. The minimum absolute atomic E-state index is 0.0344. The molecule has 4 nitrogen and oxygen atoms in total. The van der Waals surface area contributed by atoms with E-state index in [-0.39, 0.29) is 5.89 Å². The first kappa shape index (κ1) is 13.4. The predicted molar refractivity (Wildman–Crippen MR) is 62.3 cm³/mol. The van der Waals surface area contributed by atoms with Crippen molar-refractivity contribution in [3.05, 3.63) is 11.7 Å². The molecule has 0 spiro atoms. The van der Waals surface area contributed by atoms with E-state index < -0.39 is 17.4 Å². The van der Waals surface area contributed by atoms with Gasteiger partial charge in [-0.25, -0.2) is 8.78 Å². The molecule has 1 heterocycles. The molecule has 1 aromatic rings. The Labute approximate surface area is 105 Å². The number of alkyl halides is 2. The highest BCUT2D eigenvalue weighted by molar-refractivity contribution is 5.07. The highest BCUT2D eigenvalue weighted by Gasteiger charge is 2.39. The Hall–Kier alpha value is -1.04. The van der Waals surface area contributed by atoms with Crippen LogP contribution in [0.25, 0.3) is 0 Å². The lowest BCUT2D eigenvalue weighted by molar-refractivity contribution is -0.0115. The number of halogens is 2. The van der Waals surface area contributed by atoms with Gasteiger partial charge in [0.05, 0.1) is 11.5 Å². The van der Waals surface area contributed by atoms with Crippen molar-refractivity contribution >= 4 is 0 Å². The largest absolute Gasteiger partial charge is 0.339 e. The molecule has 1 aliphatic rings. The van der Waals surface area contributed by atoms with Gasteiger partial charge in [0, 0.05) is 6.92 Å². The third-order valence-electron chi connectivity index (χ3n) is 3.76. The summed E-state index contributed by atoms with van der Waals surface area (Å²) in [5.74, 6) is -3.63. The van der Waals surface area contributed by atoms with Gasteiger partial charge in [-0.15, -0.1) is 0 Å². The quantitative estimate of drug-likeness (QED) is 0.906. The van der Waals surface area contributed by atoms with Crippen LogP contribution in [0.4, 0.5) is 8.78 Å². The monoisotopic (exact) mass is 259 g/mol. The van der Waals surface area contributed by atoms with Crippen LogP contribution in [-0.2, 0) is 5.54 Å². The second-order valence-corrected chi connectivity index (χ2v) is 5.35. The molecule has 1 aromatic heterocycles. The van der Waals surface area contributed by atoms with Gasteiger partial charge in [-0.3, -0.25) is 0 Å². The van der Waals surface area contributed by atoms with Crippen LogP contribution in [0.15, 0.2) is 4.52 Å². The maximum absolute atomic E-state index is 13.2. The fourth-order valence-corrected chi connectivity index (χ4v) is 2.24. The van der Waals surface area contributed by atoms with Crippen LogP contribution < -0.4 is 5.73 Å². The summed E-state index contributed by atoms with van der Waals surface area (Å²) in [6.45, 7) is 2.22. The molecule has 102 valence electrons. The Bertz CT molecular complexity index is 408. The summed E-state index contributed by atoms with van der Waals surface area (Å²) >= 11 is 0. The summed E-state index contributed by atoms with van der Waals surface area (Å²) in [6, 6.07) is 0. The van der Waals surface area contributed by atoms with Crippen molar-refractivity contribution < 1.29 is 13.3 Å². The van der Waals surface area contributed by atoms with E-state index in [1.54, 1.807) is 0 Å². The number of nitrogens with zero attached hydrogens (tertiary/aromatic N) is 2. The molecule has 1 fully saturated rings. The van der Waals surface area contributed by atoms with Crippen LogP contribution in [0, 0.1) is 0 Å². The third kappa shape index (κ3) is 2.53. The number of hydrogen-bond donors (Lipinski definition) is 1. The van der Waals surface area contributed by atoms with Gasteiger partial charge >= 0.3 is 0 Å². The number of nitrogens with two attached hydrogens (primary N) is 1. The molecule has 6 heteroatoms. The Morgan fingerprint density at radius 2 is 1.94 bits per heavy atom. The Morgan fingerprint density at radius 1 is 1.33 bits per heavy atom. The van der Waals surface area contributed by atoms with Gasteiger partial charge in [0.15, 0.2) is 5.82 Å². The van der Waals surface area contributed by atoms with Crippen LogP contribution in [0.5, 0.6) is 0 Å². The third-order valence-corrected chi connectivity index (χ3v) is 3.76. The van der Waals surface area contributed by atoms with Gasteiger partial charge in [0.25, 0.3) is 5.92 Å². The number of rotatable bonds is 3. The van der Waals surface area contributed by atoms with Crippen LogP contribution in [0.1, 0.15) is 63.6 Å². The standard InChI is InChI=1S/C12H19F2N3O/c1-8(11(2,13)14)9-16-10(17-18-9)12(15)6-4-3-5-7-12/h8H,3-7,15H2,1-2H3. The molecule has 18 heavy (non-hydrogen) atoms. The maximum Gasteiger partial charge on any atom is 0.256 e. The molecule has 0 radical (unpaired) electrons. The van der Waals surface area contributed by atoms with Crippen molar-refractivity contribution in [3.63, 3.8) is 0 Å². The van der Waals surface area contributed by atoms with Crippen molar-refractivity contribution in [2.75, 3.05) is 0 Å². The molecule has 0 aromatic carbocycles. The van der Waals surface area contributed by atoms with Crippen LogP contribution in [0.2, 0.25) is 0 Å². The van der Waals surface area contributed by atoms with Crippen molar-refractivity contribution in [1.82, 2.24) is 10.1 Å². The van der Waals surface area contributed by atoms with Crippen molar-refractivity contribution in [1.29, 1.82) is 0 Å². The highest BCUT2D eigenvalue weighted by Crippen LogP contribution is 2.36. The lowest BCUT2D eigenvalue weighted by Gasteiger charge is -2.29. The molecule has 0 bridgehead atoms. The predicted octanol–water partition coefficient (Wildman–Crippen LogP) is 2.95. The summed E-state index contributed by atoms with van der Waals surface area (Å²) in [7, 11) is 0. The zero-order valence-corrected chi connectivity index (χ0v) is 10.7. The molecule has 2 rings (SSSR count). The lowest BCUT2D eigenvalue weighted by Crippen LogP contribution is -2.39. The molecule has 1 aliphatic carbocycles. The van der Waals surface area contributed by atoms with E-state index in [0.29, 0.717) is 5.82 Å². The fourth-order valence-electron chi connectivity index (χ4n) is 2.24. The number of aromatic nitrogens is 2. The smallest absolute Gasteiger partial charge is 0.256 e. The minimum atomic E-state index is -2.88. The van der Waals surface area contributed by atoms with E-state index >= 15 is 0 Å². The van der Waals surface area contributed by atoms with Gasteiger partial charge in [-0.2, -0.15) is 4.98 Å². The molecular formula is C12H19F2N3O. The SMILES string of the molecule is CC(c1nc(C2(N)CCCCC2)no1)C(C)(F)F. The van der Waals surface area contributed by atoms with E-state index in [4.69, 9.17) is 10.3 Å². The summed E-state index contributed by atoms with van der Waals surface area (Å²) in [5.41, 5.74) is 5.62. The zero-order valence-electron chi connectivity index (χ0n) is 10.7. The average Bonchev–Trinajstić information content (AvgIpc) is 2.77. The van der Waals surface area contributed by atoms with Gasteiger partial charge in [0.2, 0.25) is 5.89 Å². The van der Waals surface area contributed by atoms with E-state index in [2.05, 4.69) is 10.1 Å². The summed E-state index contributed by atoms with van der Waals surface area (Å²) < 4.78 is 31.3. The average molecular weight is 259 g/mol. The van der Waals surface area contributed by atoms with E-state index in [1.807, 2.05) is 0 Å². The molecule has 0 aliphatic heterocycles. The van der Waals surface area contributed by atoms with Crippen LogP contribution >= 0.6 is 0 Å². The molecule has 1 unspecified atom stereocenters. The Kier molecular flexibility index (Phi) is 3.40. The fraction of sp³-hybridized carbons (Fsp3) is 0.833. The first-order valence-electron chi connectivity index (χ1n) is 6.34. The van der Waals surface area contributed by atoms with Crippen LogP contribution in [0.3, 0.4) is 0 Å². The summed E-state index contributed by atoms with van der Waals surface area (Å²) in [4.78, 5) is 4.09. The summed E-state index contributed by atoms with van der Waals surface area (Å²) in [6.07, 6.45) is 4.73. The molecule has 0 saturated heterocycles. The van der Waals surface area contributed by atoms with Gasteiger partial charge in [-0.1, -0.05) is 24.4 Å². The lowest BCUT2D eigenvalue weighted by atomic mass is 9.82. The van der Waals surface area contributed by atoms with E-state index in [1.165, 1.54) is 6.92 Å². The van der Waals surface area contributed by atoms with Gasteiger partial charge < -0.3 is 10.3 Å². The second-order valence-electron chi connectivity index (χ2n) is 5.35. The van der Waals surface area contributed by atoms with Crippen molar-refractivity contribution in [2.45, 2.75) is 63.3 Å². The van der Waals surface area contributed by atoms with Crippen molar-refractivity contribution in [3.8, 4) is 0 Å². The zero-order chi connectivity index (χ0) is 13.4. The first-order valence-corrected chi connectivity index (χ1v) is 6.34. The maximum atomic E-state index is 13.2. The van der Waals surface area contributed by atoms with Gasteiger partial charge in [-0.05, 0) is 19.8 Å². The van der Waals surface area contributed by atoms with E-state index in [9.17, 15) is 8.78 Å². The topological polar surface area (TPSA) is 64.9 Å². The second kappa shape index (κ2) is 4.57. The molecular weight excluding hydrogens is 240 g/mol. The normalized spacial score (nSPS) is 21.8. The van der Waals surface area contributed by atoms with E-state index in [0.717, 1.165) is 39.0 Å². The summed E-state index contributed by atoms with van der Waals surface area (Å²) in [5, 5.41) is 3.80. The Morgan fingerprint density at radius 3 is 2.50 bits per heavy atom. The molecule has 2 N–H and O–H groups in total. The molecule has 1 saturated carbocycles.